The van der Waals surface area contributed by atoms with Crippen LogP contribution in [0.15, 0.2) is 71.9 Å². The van der Waals surface area contributed by atoms with E-state index in [1.165, 1.54) is 23.9 Å². The van der Waals surface area contributed by atoms with Gasteiger partial charge in [-0.1, -0.05) is 36.0 Å². The molecule has 0 saturated carbocycles. The Morgan fingerprint density at radius 1 is 0.853 bits per heavy atom. The highest BCUT2D eigenvalue weighted by Gasteiger charge is 2.29. The number of thioether (sulfide) groups is 1. The van der Waals surface area contributed by atoms with Crippen LogP contribution in [0.25, 0.3) is 5.69 Å². The number of para-hydroxylation sites is 2. The van der Waals surface area contributed by atoms with Crippen LogP contribution in [0.3, 0.4) is 0 Å². The minimum Gasteiger partial charge on any atom is -0.486 e. The molecule has 34 heavy (non-hydrogen) atoms. The number of benzene rings is 3. The zero-order valence-electron chi connectivity index (χ0n) is 18.0. The molecule has 1 unspecified atom stereocenters. The highest BCUT2D eigenvalue weighted by molar-refractivity contribution is 7.98. The molecule has 0 spiro atoms. The monoisotopic (exact) mass is 477 g/mol. The van der Waals surface area contributed by atoms with E-state index in [1.54, 1.807) is 12.1 Å². The lowest BCUT2D eigenvalue weighted by Gasteiger charge is -2.26. The summed E-state index contributed by atoms with van der Waals surface area (Å²) in [6.07, 6.45) is -0.448. The molecule has 0 saturated heterocycles. The minimum atomic E-state index is -0.448. The Hall–Kier alpha value is -3.72. The van der Waals surface area contributed by atoms with Crippen LogP contribution in [-0.2, 0) is 5.75 Å². The van der Waals surface area contributed by atoms with E-state index < -0.39 is 6.10 Å². The summed E-state index contributed by atoms with van der Waals surface area (Å²) in [5.41, 5.74) is 1.81. The first kappa shape index (κ1) is 20.9. The van der Waals surface area contributed by atoms with E-state index in [0.29, 0.717) is 59.6 Å². The smallest absolute Gasteiger partial charge is 0.196 e. The summed E-state index contributed by atoms with van der Waals surface area (Å²) in [5, 5.41) is 9.62. The highest BCUT2D eigenvalue weighted by Crippen LogP contribution is 2.39. The third-order valence-electron chi connectivity index (χ3n) is 5.52. The van der Waals surface area contributed by atoms with Gasteiger partial charge in [-0.15, -0.1) is 10.2 Å². The number of hydrogen-bond donors (Lipinski definition) is 0. The lowest BCUT2D eigenvalue weighted by atomic mass is 10.2. The Balaban J connectivity index is 1.36. The zero-order chi connectivity index (χ0) is 22.9. The highest BCUT2D eigenvalue weighted by atomic mass is 32.2. The second-order valence-corrected chi connectivity index (χ2v) is 8.73. The fraction of sp³-hybridized carbons (Fsp3) is 0.200. The Labute approximate surface area is 199 Å². The summed E-state index contributed by atoms with van der Waals surface area (Å²) in [7, 11) is 0. The summed E-state index contributed by atoms with van der Waals surface area (Å²) in [4.78, 5) is 0. The van der Waals surface area contributed by atoms with Crippen molar-refractivity contribution < 1.29 is 23.3 Å². The van der Waals surface area contributed by atoms with Gasteiger partial charge in [0.25, 0.3) is 0 Å². The maximum Gasteiger partial charge on any atom is 0.196 e. The number of fused-ring (bicyclic) bond motifs is 2. The Bertz CT molecular complexity index is 1330. The predicted octanol–water partition coefficient (Wildman–Crippen LogP) is 4.98. The summed E-state index contributed by atoms with van der Waals surface area (Å²) in [6.45, 7) is 1.33. The van der Waals surface area contributed by atoms with Gasteiger partial charge < -0.3 is 18.9 Å². The van der Waals surface area contributed by atoms with Crippen LogP contribution in [0.5, 0.6) is 23.0 Å². The van der Waals surface area contributed by atoms with E-state index in [4.69, 9.17) is 18.9 Å². The maximum atomic E-state index is 13.3. The van der Waals surface area contributed by atoms with Crippen molar-refractivity contribution in [3.05, 3.63) is 83.9 Å². The lowest BCUT2D eigenvalue weighted by molar-refractivity contribution is 0.0835. The molecule has 0 bridgehead atoms. The molecule has 1 aromatic heterocycles. The average molecular weight is 478 g/mol. The summed E-state index contributed by atoms with van der Waals surface area (Å²) >= 11 is 1.51. The number of hydrogen-bond acceptors (Lipinski definition) is 7. The molecular weight excluding hydrogens is 457 g/mol. The molecule has 7 nitrogen and oxygen atoms in total. The van der Waals surface area contributed by atoms with E-state index in [-0.39, 0.29) is 5.82 Å². The molecule has 9 heteroatoms. The molecule has 172 valence electrons. The molecule has 0 fully saturated rings. The van der Waals surface area contributed by atoms with Crippen LogP contribution < -0.4 is 18.9 Å². The van der Waals surface area contributed by atoms with Gasteiger partial charge in [-0.05, 0) is 42.0 Å². The van der Waals surface area contributed by atoms with Crippen LogP contribution in [0.1, 0.15) is 17.5 Å². The number of nitrogens with zero attached hydrogens (tertiary/aromatic N) is 3. The van der Waals surface area contributed by atoms with Gasteiger partial charge in [-0.3, -0.25) is 4.57 Å². The van der Waals surface area contributed by atoms with Gasteiger partial charge >= 0.3 is 0 Å². The Kier molecular flexibility index (Phi) is 5.46. The molecule has 2 aliphatic rings. The van der Waals surface area contributed by atoms with Gasteiger partial charge in [0.05, 0.1) is 5.69 Å². The second-order valence-electron chi connectivity index (χ2n) is 7.78. The van der Waals surface area contributed by atoms with Gasteiger partial charge in [0.2, 0.25) is 0 Å². The predicted molar refractivity (Wildman–Crippen MR) is 124 cm³/mol. The quantitative estimate of drug-likeness (QED) is 0.376. The van der Waals surface area contributed by atoms with Crippen molar-refractivity contribution in [1.29, 1.82) is 0 Å². The number of ether oxygens (including phenoxy) is 4. The van der Waals surface area contributed by atoms with Crippen LogP contribution in [-0.4, -0.2) is 34.6 Å². The van der Waals surface area contributed by atoms with Gasteiger partial charge in [0.15, 0.2) is 40.1 Å². The zero-order valence-corrected chi connectivity index (χ0v) is 18.8. The number of halogens is 1. The third kappa shape index (κ3) is 4.03. The van der Waals surface area contributed by atoms with E-state index in [9.17, 15) is 4.39 Å². The van der Waals surface area contributed by atoms with Crippen molar-refractivity contribution in [3.8, 4) is 28.7 Å². The third-order valence-corrected chi connectivity index (χ3v) is 6.52. The fourth-order valence-electron chi connectivity index (χ4n) is 3.87. The summed E-state index contributed by atoms with van der Waals surface area (Å²) < 4.78 is 38.9. The Morgan fingerprint density at radius 2 is 1.62 bits per heavy atom. The number of rotatable bonds is 5. The van der Waals surface area contributed by atoms with Gasteiger partial charge in [-0.2, -0.15) is 0 Å². The first-order valence-electron chi connectivity index (χ1n) is 10.9. The van der Waals surface area contributed by atoms with Crippen LogP contribution in [0.4, 0.5) is 4.39 Å². The van der Waals surface area contributed by atoms with Crippen LogP contribution in [0, 0.1) is 5.82 Å². The topological polar surface area (TPSA) is 67.6 Å². The largest absolute Gasteiger partial charge is 0.486 e. The molecule has 0 aliphatic carbocycles. The maximum absolute atomic E-state index is 13.3. The lowest BCUT2D eigenvalue weighted by Crippen LogP contribution is -2.24. The molecule has 1 atom stereocenters. The SMILES string of the molecule is Fc1ccc(CSc2nnc(C3COc4ccccc4O3)n2-c2ccc3c(c2)OCCO3)cc1. The van der Waals surface area contributed by atoms with Crippen molar-refractivity contribution in [2.24, 2.45) is 0 Å². The number of aromatic nitrogens is 3. The molecule has 0 radical (unpaired) electrons. The van der Waals surface area contributed by atoms with Crippen molar-refractivity contribution >= 4 is 11.8 Å². The molecule has 0 amide bonds. The van der Waals surface area contributed by atoms with E-state index >= 15 is 0 Å². The Morgan fingerprint density at radius 3 is 2.47 bits per heavy atom. The summed E-state index contributed by atoms with van der Waals surface area (Å²) in [5.74, 6) is 3.71. The van der Waals surface area contributed by atoms with Crippen LogP contribution in [0.2, 0.25) is 0 Å². The van der Waals surface area contributed by atoms with Gasteiger partial charge in [0.1, 0.15) is 25.6 Å². The fourth-order valence-corrected chi connectivity index (χ4v) is 4.79. The van der Waals surface area contributed by atoms with E-state index in [0.717, 1.165) is 11.3 Å². The molecule has 0 N–H and O–H groups in total. The van der Waals surface area contributed by atoms with E-state index in [1.807, 2.05) is 47.0 Å². The minimum absolute atomic E-state index is 0.259. The average Bonchev–Trinajstić information content (AvgIpc) is 3.32. The molecule has 3 aromatic carbocycles. The van der Waals surface area contributed by atoms with Crippen molar-refractivity contribution in [3.63, 3.8) is 0 Å². The van der Waals surface area contributed by atoms with Crippen LogP contribution >= 0.6 is 11.8 Å². The summed E-state index contributed by atoms with van der Waals surface area (Å²) in [6, 6.07) is 19.7. The molecule has 4 aromatic rings. The van der Waals surface area contributed by atoms with Gasteiger partial charge in [-0.25, -0.2) is 4.39 Å². The molecular formula is C25H20FN3O4S. The molecule has 6 rings (SSSR count). The van der Waals surface area contributed by atoms with Crippen molar-refractivity contribution in [1.82, 2.24) is 14.8 Å². The second kappa shape index (κ2) is 8.90. The van der Waals surface area contributed by atoms with E-state index in [2.05, 4.69) is 10.2 Å². The van der Waals surface area contributed by atoms with Crippen molar-refractivity contribution in [2.75, 3.05) is 19.8 Å². The first-order valence-corrected chi connectivity index (χ1v) is 11.8. The van der Waals surface area contributed by atoms with Crippen molar-refractivity contribution in [2.45, 2.75) is 17.0 Å². The first-order chi connectivity index (χ1) is 16.7. The van der Waals surface area contributed by atoms with Gasteiger partial charge in [0, 0.05) is 11.8 Å². The standard InChI is InChI=1S/C25H20FN3O4S/c26-17-7-5-16(6-8-17)15-34-25-28-27-24(23-14-32-19-3-1-2-4-21(19)33-23)29(25)18-9-10-20-22(13-18)31-12-11-30-20/h1-10,13,23H,11-12,14-15H2. The molecule has 3 heterocycles. The molecule has 2 aliphatic heterocycles. The normalized spacial score (nSPS) is 16.3.